The van der Waals surface area contributed by atoms with Crippen LogP contribution in [-0.2, 0) is 0 Å². The monoisotopic (exact) mass is 473 g/mol. The van der Waals surface area contributed by atoms with Crippen molar-refractivity contribution in [1.29, 1.82) is 0 Å². The highest BCUT2D eigenvalue weighted by atomic mass is 15.0. The van der Waals surface area contributed by atoms with E-state index in [1.807, 2.05) is 37.3 Å². The molecule has 3 heteroatoms. The predicted octanol–water partition coefficient (Wildman–Crippen LogP) is 8.64. The molecule has 0 fully saturated rings. The quantitative estimate of drug-likeness (QED) is 0.241. The van der Waals surface area contributed by atoms with Crippen molar-refractivity contribution in [2.75, 3.05) is 0 Å². The number of fused-ring (bicyclic) bond motifs is 4. The van der Waals surface area contributed by atoms with E-state index >= 15 is 0 Å². The number of benzene rings is 6. The van der Waals surface area contributed by atoms with Gasteiger partial charge in [-0.1, -0.05) is 109 Å². The zero-order valence-electron chi connectivity index (χ0n) is 20.4. The van der Waals surface area contributed by atoms with Crippen molar-refractivity contribution in [2.45, 2.75) is 6.92 Å². The van der Waals surface area contributed by atoms with E-state index in [0.717, 1.165) is 16.5 Å². The average Bonchev–Trinajstić information content (AvgIpc) is 2.96. The van der Waals surface area contributed by atoms with Crippen LogP contribution in [0.15, 0.2) is 121 Å². The predicted molar refractivity (Wildman–Crippen MR) is 153 cm³/mol. The minimum atomic E-state index is 0.691. The first-order valence-electron chi connectivity index (χ1n) is 12.5. The van der Waals surface area contributed by atoms with Crippen LogP contribution in [0.4, 0.5) is 0 Å². The zero-order chi connectivity index (χ0) is 24.8. The molecule has 7 rings (SSSR count). The second-order valence-corrected chi connectivity index (χ2v) is 9.29. The van der Waals surface area contributed by atoms with Crippen molar-refractivity contribution in [3.8, 4) is 33.9 Å². The number of nitrogens with zero attached hydrogens (tertiary/aromatic N) is 3. The Morgan fingerprint density at radius 3 is 1.70 bits per heavy atom. The van der Waals surface area contributed by atoms with Crippen LogP contribution in [0.3, 0.4) is 0 Å². The summed E-state index contributed by atoms with van der Waals surface area (Å²) in [6.07, 6.45) is 0. The summed E-state index contributed by atoms with van der Waals surface area (Å²) in [5, 5.41) is 7.34. The molecule has 0 amide bonds. The molecule has 1 aromatic heterocycles. The van der Waals surface area contributed by atoms with Crippen LogP contribution >= 0.6 is 0 Å². The molecule has 0 aliphatic heterocycles. The van der Waals surface area contributed by atoms with E-state index in [-0.39, 0.29) is 0 Å². The first kappa shape index (κ1) is 21.4. The minimum absolute atomic E-state index is 0.691. The average molecular weight is 474 g/mol. The third kappa shape index (κ3) is 3.64. The molecule has 0 unspecified atom stereocenters. The fourth-order valence-corrected chi connectivity index (χ4v) is 5.32. The van der Waals surface area contributed by atoms with E-state index in [9.17, 15) is 0 Å². The Balaban J connectivity index is 1.48. The molecule has 0 radical (unpaired) electrons. The highest BCUT2D eigenvalue weighted by Crippen LogP contribution is 2.40. The highest BCUT2D eigenvalue weighted by molar-refractivity contribution is 6.17. The van der Waals surface area contributed by atoms with E-state index in [1.165, 1.54) is 38.1 Å². The normalized spacial score (nSPS) is 11.4. The van der Waals surface area contributed by atoms with Crippen LogP contribution in [0.25, 0.3) is 66.2 Å². The van der Waals surface area contributed by atoms with Gasteiger partial charge in [0.2, 0.25) is 0 Å². The molecule has 174 valence electrons. The number of hydrogen-bond donors (Lipinski definition) is 0. The molecule has 0 spiro atoms. The second kappa shape index (κ2) is 8.65. The molecular formula is C34H23N3. The Labute approximate surface area is 215 Å². The fourth-order valence-electron chi connectivity index (χ4n) is 5.32. The van der Waals surface area contributed by atoms with Gasteiger partial charge in [0.1, 0.15) is 5.82 Å². The first-order chi connectivity index (χ1) is 18.3. The SMILES string of the molecule is Cc1nc(-c2ccccc2)nc(-c2ccc(-c3cc4ccccc4c4ccccc34)c3ccccc23)n1. The van der Waals surface area contributed by atoms with Crippen molar-refractivity contribution in [1.82, 2.24) is 15.0 Å². The highest BCUT2D eigenvalue weighted by Gasteiger charge is 2.16. The summed E-state index contributed by atoms with van der Waals surface area (Å²) in [4.78, 5) is 14.3. The van der Waals surface area contributed by atoms with Gasteiger partial charge in [-0.05, 0) is 62.5 Å². The number of hydrogen-bond acceptors (Lipinski definition) is 3. The Hall–Kier alpha value is -4.89. The third-order valence-electron chi connectivity index (χ3n) is 7.00. The molecule has 6 aromatic carbocycles. The number of rotatable bonds is 3. The van der Waals surface area contributed by atoms with Gasteiger partial charge >= 0.3 is 0 Å². The van der Waals surface area contributed by atoms with Gasteiger partial charge in [-0.3, -0.25) is 0 Å². The van der Waals surface area contributed by atoms with Crippen LogP contribution in [0.5, 0.6) is 0 Å². The molecule has 0 atom stereocenters. The summed E-state index contributed by atoms with van der Waals surface area (Å²) in [5.41, 5.74) is 4.43. The number of aromatic nitrogens is 3. The van der Waals surface area contributed by atoms with E-state index in [0.29, 0.717) is 17.5 Å². The van der Waals surface area contributed by atoms with Gasteiger partial charge in [0.05, 0.1) is 0 Å². The second-order valence-electron chi connectivity index (χ2n) is 9.29. The molecule has 7 aromatic rings. The largest absolute Gasteiger partial charge is 0.213 e. The molecule has 0 saturated carbocycles. The first-order valence-corrected chi connectivity index (χ1v) is 12.5. The molecule has 37 heavy (non-hydrogen) atoms. The zero-order valence-corrected chi connectivity index (χ0v) is 20.4. The Morgan fingerprint density at radius 2 is 0.946 bits per heavy atom. The van der Waals surface area contributed by atoms with Gasteiger partial charge in [0.25, 0.3) is 0 Å². The van der Waals surface area contributed by atoms with E-state index in [1.54, 1.807) is 0 Å². The lowest BCUT2D eigenvalue weighted by atomic mass is 9.89. The van der Waals surface area contributed by atoms with Crippen LogP contribution in [0.2, 0.25) is 0 Å². The maximum atomic E-state index is 4.90. The number of aryl methyl sites for hydroxylation is 1. The summed E-state index contributed by atoms with van der Waals surface area (Å²) in [6, 6.07) is 42.6. The van der Waals surface area contributed by atoms with E-state index < -0.39 is 0 Å². The third-order valence-corrected chi connectivity index (χ3v) is 7.00. The Kier molecular flexibility index (Phi) is 5.00. The van der Waals surface area contributed by atoms with Gasteiger partial charge in [-0.15, -0.1) is 0 Å². The van der Waals surface area contributed by atoms with Crippen LogP contribution < -0.4 is 0 Å². The molecule has 0 aliphatic rings. The molecule has 1 heterocycles. The fraction of sp³-hybridized carbons (Fsp3) is 0.0294. The summed E-state index contributed by atoms with van der Waals surface area (Å²) in [7, 11) is 0. The van der Waals surface area contributed by atoms with Crippen molar-refractivity contribution in [2.24, 2.45) is 0 Å². The standard InChI is InChI=1S/C34H23N3/c1-22-35-33(23-11-3-2-4-12-23)37-34(36-22)31-20-19-30(27-16-8-9-17-28(27)31)32-21-24-13-5-6-14-25(24)26-15-7-10-18-29(26)32/h2-21H,1H3. The Bertz CT molecular complexity index is 1940. The Morgan fingerprint density at radius 1 is 0.405 bits per heavy atom. The molecular weight excluding hydrogens is 450 g/mol. The van der Waals surface area contributed by atoms with Gasteiger partial charge in [0.15, 0.2) is 11.6 Å². The smallest absolute Gasteiger partial charge is 0.164 e. The van der Waals surface area contributed by atoms with E-state index in [2.05, 4.69) is 96.0 Å². The lowest BCUT2D eigenvalue weighted by Crippen LogP contribution is -2.00. The summed E-state index contributed by atoms with van der Waals surface area (Å²) < 4.78 is 0. The molecule has 0 saturated heterocycles. The molecule has 0 N–H and O–H groups in total. The maximum Gasteiger partial charge on any atom is 0.164 e. The van der Waals surface area contributed by atoms with Crippen molar-refractivity contribution in [3.05, 3.63) is 127 Å². The van der Waals surface area contributed by atoms with Crippen molar-refractivity contribution in [3.63, 3.8) is 0 Å². The van der Waals surface area contributed by atoms with Crippen molar-refractivity contribution < 1.29 is 0 Å². The van der Waals surface area contributed by atoms with Gasteiger partial charge in [0, 0.05) is 11.1 Å². The summed E-state index contributed by atoms with van der Waals surface area (Å²) >= 11 is 0. The molecule has 0 bridgehead atoms. The summed E-state index contributed by atoms with van der Waals surface area (Å²) in [6.45, 7) is 1.93. The van der Waals surface area contributed by atoms with Crippen molar-refractivity contribution >= 4 is 32.3 Å². The van der Waals surface area contributed by atoms with Gasteiger partial charge in [-0.25, -0.2) is 15.0 Å². The maximum absolute atomic E-state index is 4.90. The molecule has 3 nitrogen and oxygen atoms in total. The van der Waals surface area contributed by atoms with E-state index in [4.69, 9.17) is 9.97 Å². The summed E-state index contributed by atoms with van der Waals surface area (Å²) in [5.74, 6) is 2.09. The molecule has 0 aliphatic carbocycles. The lowest BCUT2D eigenvalue weighted by molar-refractivity contribution is 0.993. The van der Waals surface area contributed by atoms with Crippen LogP contribution in [-0.4, -0.2) is 15.0 Å². The van der Waals surface area contributed by atoms with Crippen LogP contribution in [0, 0.1) is 6.92 Å². The minimum Gasteiger partial charge on any atom is -0.213 e. The lowest BCUT2D eigenvalue weighted by Gasteiger charge is -2.15. The van der Waals surface area contributed by atoms with Crippen LogP contribution in [0.1, 0.15) is 5.82 Å². The van der Waals surface area contributed by atoms with Gasteiger partial charge < -0.3 is 0 Å². The van der Waals surface area contributed by atoms with Gasteiger partial charge in [-0.2, -0.15) is 0 Å². The topological polar surface area (TPSA) is 38.7 Å².